The number of hydrogen-bond donors (Lipinski definition) is 2. The van der Waals surface area contributed by atoms with Crippen LogP contribution in [-0.4, -0.2) is 15.0 Å². The predicted molar refractivity (Wildman–Crippen MR) is 77.8 cm³/mol. The second-order valence-corrected chi connectivity index (χ2v) is 5.82. The van der Waals surface area contributed by atoms with E-state index in [1.807, 2.05) is 6.92 Å². The lowest BCUT2D eigenvalue weighted by Crippen LogP contribution is -2.14. The summed E-state index contributed by atoms with van der Waals surface area (Å²) in [4.78, 5) is 0.0856. The second kappa shape index (κ2) is 5.92. The smallest absolute Gasteiger partial charge is 0.261 e. The maximum absolute atomic E-state index is 13.5. The Morgan fingerprint density at radius 2 is 1.70 bits per heavy atom. The van der Waals surface area contributed by atoms with Crippen LogP contribution in [0.3, 0.4) is 0 Å². The van der Waals surface area contributed by atoms with Crippen molar-refractivity contribution < 1.29 is 12.8 Å². The number of nitrogens with one attached hydrogen (secondary N) is 2. The molecule has 0 unspecified atom stereocenters. The van der Waals surface area contributed by atoms with Crippen LogP contribution in [0.1, 0.15) is 6.92 Å². The minimum Gasteiger partial charge on any atom is -0.385 e. The van der Waals surface area contributed by atoms with E-state index in [2.05, 4.69) is 10.0 Å². The van der Waals surface area contributed by atoms with Gasteiger partial charge >= 0.3 is 0 Å². The van der Waals surface area contributed by atoms with Gasteiger partial charge in [0.1, 0.15) is 5.82 Å². The first-order valence-electron chi connectivity index (χ1n) is 6.14. The highest BCUT2D eigenvalue weighted by molar-refractivity contribution is 7.92. The number of rotatable bonds is 5. The van der Waals surface area contributed by atoms with Gasteiger partial charge in [-0.25, -0.2) is 12.8 Å². The van der Waals surface area contributed by atoms with Crippen molar-refractivity contribution in [3.8, 4) is 0 Å². The van der Waals surface area contributed by atoms with Gasteiger partial charge in [0.25, 0.3) is 10.0 Å². The summed E-state index contributed by atoms with van der Waals surface area (Å²) in [6.07, 6.45) is 0. The number of halogens is 1. The van der Waals surface area contributed by atoms with Crippen LogP contribution in [0, 0.1) is 5.82 Å². The second-order valence-electron chi connectivity index (χ2n) is 4.14. The van der Waals surface area contributed by atoms with Gasteiger partial charge in [0.2, 0.25) is 0 Å². The van der Waals surface area contributed by atoms with Gasteiger partial charge in [-0.3, -0.25) is 4.72 Å². The fraction of sp³-hybridized carbons (Fsp3) is 0.143. The van der Waals surface area contributed by atoms with Crippen LogP contribution in [0.15, 0.2) is 53.4 Å². The van der Waals surface area contributed by atoms with Crippen LogP contribution in [0.5, 0.6) is 0 Å². The number of sulfonamides is 1. The molecule has 106 valence electrons. The van der Waals surface area contributed by atoms with Crippen molar-refractivity contribution in [1.82, 2.24) is 0 Å². The lowest BCUT2D eigenvalue weighted by Gasteiger charge is -2.09. The molecule has 0 aliphatic rings. The molecule has 0 spiro atoms. The Morgan fingerprint density at radius 3 is 2.30 bits per heavy atom. The van der Waals surface area contributed by atoms with E-state index in [9.17, 15) is 12.8 Å². The highest BCUT2D eigenvalue weighted by atomic mass is 32.2. The van der Waals surface area contributed by atoms with E-state index in [0.717, 1.165) is 12.2 Å². The van der Waals surface area contributed by atoms with Gasteiger partial charge in [-0.05, 0) is 43.3 Å². The van der Waals surface area contributed by atoms with Crippen molar-refractivity contribution in [1.29, 1.82) is 0 Å². The molecule has 2 aromatic carbocycles. The zero-order valence-corrected chi connectivity index (χ0v) is 11.7. The molecule has 2 aromatic rings. The minimum absolute atomic E-state index is 0.0664. The van der Waals surface area contributed by atoms with Gasteiger partial charge in [0, 0.05) is 12.2 Å². The fourth-order valence-corrected chi connectivity index (χ4v) is 2.77. The number of anilines is 2. The van der Waals surface area contributed by atoms with E-state index in [4.69, 9.17) is 0 Å². The third kappa shape index (κ3) is 3.27. The van der Waals surface area contributed by atoms with E-state index < -0.39 is 15.8 Å². The Balaban J connectivity index is 2.24. The molecule has 0 fully saturated rings. The molecule has 6 heteroatoms. The van der Waals surface area contributed by atoms with Crippen molar-refractivity contribution in [3.63, 3.8) is 0 Å². The van der Waals surface area contributed by atoms with Gasteiger partial charge in [-0.2, -0.15) is 0 Å². The fourth-order valence-electron chi connectivity index (χ4n) is 1.70. The summed E-state index contributed by atoms with van der Waals surface area (Å²) in [7, 11) is -3.79. The van der Waals surface area contributed by atoms with Crippen molar-refractivity contribution in [2.75, 3.05) is 16.6 Å². The summed E-state index contributed by atoms with van der Waals surface area (Å²) in [5, 5.41) is 3.07. The average Bonchev–Trinajstić information content (AvgIpc) is 2.42. The van der Waals surface area contributed by atoms with E-state index in [1.54, 1.807) is 18.2 Å². The van der Waals surface area contributed by atoms with Crippen molar-refractivity contribution in [2.45, 2.75) is 11.8 Å². The predicted octanol–water partition coefficient (Wildman–Crippen LogP) is 3.06. The molecule has 0 aromatic heterocycles. The van der Waals surface area contributed by atoms with Crippen LogP contribution < -0.4 is 10.0 Å². The third-order valence-corrected chi connectivity index (χ3v) is 4.05. The molecule has 0 aliphatic carbocycles. The number of benzene rings is 2. The van der Waals surface area contributed by atoms with Crippen molar-refractivity contribution >= 4 is 21.4 Å². The van der Waals surface area contributed by atoms with E-state index in [-0.39, 0.29) is 10.6 Å². The Hall–Kier alpha value is -2.08. The molecule has 0 atom stereocenters. The molecule has 0 bridgehead atoms. The van der Waals surface area contributed by atoms with Gasteiger partial charge in [0.15, 0.2) is 0 Å². The van der Waals surface area contributed by atoms with Gasteiger partial charge in [-0.15, -0.1) is 0 Å². The summed E-state index contributed by atoms with van der Waals surface area (Å²) in [6, 6.07) is 11.9. The van der Waals surface area contributed by atoms with E-state index in [0.29, 0.717) is 0 Å². The largest absolute Gasteiger partial charge is 0.385 e. The maximum atomic E-state index is 13.5. The molecule has 0 heterocycles. The Kier molecular flexibility index (Phi) is 4.24. The van der Waals surface area contributed by atoms with E-state index >= 15 is 0 Å². The van der Waals surface area contributed by atoms with Crippen LogP contribution in [-0.2, 0) is 10.0 Å². The Bertz CT molecular complexity index is 685. The maximum Gasteiger partial charge on any atom is 0.261 e. The first-order valence-corrected chi connectivity index (χ1v) is 7.62. The normalized spacial score (nSPS) is 11.1. The van der Waals surface area contributed by atoms with E-state index in [1.165, 1.54) is 30.3 Å². The summed E-state index contributed by atoms with van der Waals surface area (Å²) in [6.45, 7) is 2.70. The standard InChI is InChI=1S/C14H15FN2O2S/c1-2-16-11-7-9-12(10-8-11)20(18,19)17-14-6-4-3-5-13(14)15/h3-10,16-17H,2H2,1H3. The minimum atomic E-state index is -3.79. The van der Waals surface area contributed by atoms with Gasteiger partial charge in [-0.1, -0.05) is 12.1 Å². The lowest BCUT2D eigenvalue weighted by molar-refractivity contribution is 0.598. The quantitative estimate of drug-likeness (QED) is 0.891. The summed E-state index contributed by atoms with van der Waals surface area (Å²) >= 11 is 0. The molecule has 0 amide bonds. The SMILES string of the molecule is CCNc1ccc(S(=O)(=O)Nc2ccccc2F)cc1. The number of para-hydroxylation sites is 1. The number of hydrogen-bond acceptors (Lipinski definition) is 3. The zero-order chi connectivity index (χ0) is 14.6. The molecule has 0 aliphatic heterocycles. The molecule has 2 N–H and O–H groups in total. The topological polar surface area (TPSA) is 58.2 Å². The van der Waals surface area contributed by atoms with Crippen molar-refractivity contribution in [3.05, 3.63) is 54.3 Å². The van der Waals surface area contributed by atoms with Crippen LogP contribution in [0.2, 0.25) is 0 Å². The molecule has 0 saturated heterocycles. The summed E-state index contributed by atoms with van der Waals surface area (Å²) < 4.78 is 39.9. The van der Waals surface area contributed by atoms with Gasteiger partial charge in [0.05, 0.1) is 10.6 Å². The highest BCUT2D eigenvalue weighted by Crippen LogP contribution is 2.20. The highest BCUT2D eigenvalue weighted by Gasteiger charge is 2.15. The zero-order valence-electron chi connectivity index (χ0n) is 10.9. The molecule has 2 rings (SSSR count). The van der Waals surface area contributed by atoms with Crippen molar-refractivity contribution in [2.24, 2.45) is 0 Å². The molecule has 4 nitrogen and oxygen atoms in total. The van der Waals surface area contributed by atoms with Crippen LogP contribution in [0.4, 0.5) is 15.8 Å². The molecule has 20 heavy (non-hydrogen) atoms. The van der Waals surface area contributed by atoms with Gasteiger partial charge < -0.3 is 5.32 Å². The lowest BCUT2D eigenvalue weighted by atomic mass is 10.3. The van der Waals surface area contributed by atoms with Crippen LogP contribution >= 0.6 is 0 Å². The molecule has 0 radical (unpaired) electrons. The Morgan fingerprint density at radius 1 is 1.05 bits per heavy atom. The van der Waals surface area contributed by atoms with Crippen LogP contribution in [0.25, 0.3) is 0 Å². The third-order valence-electron chi connectivity index (χ3n) is 2.66. The first kappa shape index (κ1) is 14.3. The summed E-state index contributed by atoms with van der Waals surface area (Å²) in [5.41, 5.74) is 0.764. The summed E-state index contributed by atoms with van der Waals surface area (Å²) in [5.74, 6) is -0.611. The first-order chi connectivity index (χ1) is 9.53. The molecular formula is C14H15FN2O2S. The Labute approximate surface area is 117 Å². The molecular weight excluding hydrogens is 279 g/mol. The molecule has 0 saturated carbocycles. The monoisotopic (exact) mass is 294 g/mol. The average molecular weight is 294 g/mol.